The normalized spacial score (nSPS) is 12.2. The Morgan fingerprint density at radius 1 is 0.324 bits per heavy atom. The maximum absolute atomic E-state index is 12.3. The number of hydrogen-bond acceptors (Lipinski definition) is 5. The Kier molecular flexibility index (Phi) is 61.2. The van der Waals surface area contributed by atoms with Crippen LogP contribution < -0.4 is 0 Å². The summed E-state index contributed by atoms with van der Waals surface area (Å²) in [5.74, 6) is -0.566. The van der Waals surface area contributed by atoms with E-state index in [2.05, 4.69) is 38.2 Å². The van der Waals surface area contributed by atoms with Gasteiger partial charge in [0.05, 0.1) is 6.61 Å². The Balaban J connectivity index is 3.34. The Bertz CT molecular complexity index is 1080. The van der Waals surface area contributed by atoms with Crippen molar-refractivity contribution in [3.63, 3.8) is 0 Å². The highest BCUT2D eigenvalue weighted by Gasteiger charge is 2.16. The Hall–Kier alpha value is -1.62. The standard InChI is InChI=1S/C66H126O5/c1-3-5-7-9-11-13-15-17-19-21-22-23-24-25-26-27-28-29-30-31-32-33-34-35-36-37-38-39-40-41-42-43-44-45-47-49-51-53-55-57-59-61-66(69)71-64(62-67)63-70-65(68)60-58-56-54-52-50-48-46-20-18-16-14-12-10-8-6-4-2/h15,17,21-22,64,67H,3-14,16,18-20,23-63H2,1-2H3/b17-15-,22-21-. The minimum absolute atomic E-state index is 0.0572. The van der Waals surface area contributed by atoms with E-state index in [1.165, 1.54) is 302 Å². The molecule has 0 heterocycles. The molecule has 0 saturated heterocycles. The number of ether oxygens (including phenoxy) is 2. The fourth-order valence-electron chi connectivity index (χ4n) is 10.1. The second kappa shape index (κ2) is 62.7. The van der Waals surface area contributed by atoms with Crippen LogP contribution in [0.25, 0.3) is 0 Å². The molecule has 0 amide bonds. The van der Waals surface area contributed by atoms with Crippen molar-refractivity contribution in [1.82, 2.24) is 0 Å². The third-order valence-electron chi connectivity index (χ3n) is 15.0. The molecule has 420 valence electrons. The van der Waals surface area contributed by atoms with E-state index >= 15 is 0 Å². The molecule has 1 unspecified atom stereocenters. The molecule has 0 aliphatic heterocycles. The quantitative estimate of drug-likeness (QED) is 0.0373. The highest BCUT2D eigenvalue weighted by molar-refractivity contribution is 5.70. The van der Waals surface area contributed by atoms with Crippen molar-refractivity contribution in [1.29, 1.82) is 0 Å². The summed E-state index contributed by atoms with van der Waals surface area (Å²) >= 11 is 0. The van der Waals surface area contributed by atoms with E-state index in [-0.39, 0.29) is 25.2 Å². The largest absolute Gasteiger partial charge is 0.462 e. The first-order valence-electron chi connectivity index (χ1n) is 32.4. The van der Waals surface area contributed by atoms with Gasteiger partial charge in [-0.05, 0) is 44.9 Å². The summed E-state index contributed by atoms with van der Waals surface area (Å²) in [7, 11) is 0. The van der Waals surface area contributed by atoms with Crippen LogP contribution in [-0.4, -0.2) is 36.4 Å². The van der Waals surface area contributed by atoms with E-state index in [1.807, 2.05) is 0 Å². The summed E-state index contributed by atoms with van der Waals surface area (Å²) in [4.78, 5) is 24.5. The van der Waals surface area contributed by atoms with E-state index in [9.17, 15) is 14.7 Å². The lowest BCUT2D eigenvalue weighted by atomic mass is 10.0. The zero-order chi connectivity index (χ0) is 51.3. The van der Waals surface area contributed by atoms with Crippen molar-refractivity contribution in [2.45, 2.75) is 373 Å². The maximum Gasteiger partial charge on any atom is 0.306 e. The monoisotopic (exact) mass is 999 g/mol. The van der Waals surface area contributed by atoms with Gasteiger partial charge >= 0.3 is 11.9 Å². The highest BCUT2D eigenvalue weighted by atomic mass is 16.6. The molecule has 0 bridgehead atoms. The minimum Gasteiger partial charge on any atom is -0.462 e. The van der Waals surface area contributed by atoms with Gasteiger partial charge < -0.3 is 14.6 Å². The maximum atomic E-state index is 12.3. The number of rotatable bonds is 61. The molecule has 0 aliphatic carbocycles. The molecule has 5 nitrogen and oxygen atoms in total. The lowest BCUT2D eigenvalue weighted by Gasteiger charge is -2.15. The van der Waals surface area contributed by atoms with Crippen molar-refractivity contribution in [2.24, 2.45) is 0 Å². The molecule has 0 radical (unpaired) electrons. The molecule has 1 atom stereocenters. The topological polar surface area (TPSA) is 72.8 Å². The van der Waals surface area contributed by atoms with E-state index < -0.39 is 6.10 Å². The smallest absolute Gasteiger partial charge is 0.306 e. The van der Waals surface area contributed by atoms with E-state index in [0.29, 0.717) is 12.8 Å². The molecule has 0 saturated carbocycles. The van der Waals surface area contributed by atoms with E-state index in [4.69, 9.17) is 9.47 Å². The summed E-state index contributed by atoms with van der Waals surface area (Å²) < 4.78 is 10.7. The van der Waals surface area contributed by atoms with Crippen LogP contribution in [-0.2, 0) is 19.1 Å². The van der Waals surface area contributed by atoms with Crippen LogP contribution in [0.3, 0.4) is 0 Å². The van der Waals surface area contributed by atoms with Gasteiger partial charge in [-0.15, -0.1) is 0 Å². The zero-order valence-electron chi connectivity index (χ0n) is 48.3. The minimum atomic E-state index is -0.766. The average molecular weight is 1000 g/mol. The molecule has 0 aromatic rings. The van der Waals surface area contributed by atoms with Gasteiger partial charge in [-0.1, -0.05) is 334 Å². The molecule has 0 spiro atoms. The van der Waals surface area contributed by atoms with Crippen molar-refractivity contribution >= 4 is 11.9 Å². The first kappa shape index (κ1) is 69.4. The number of aliphatic hydroxyl groups is 1. The zero-order valence-corrected chi connectivity index (χ0v) is 48.3. The van der Waals surface area contributed by atoms with Gasteiger partial charge in [-0.3, -0.25) is 9.59 Å². The lowest BCUT2D eigenvalue weighted by Crippen LogP contribution is -2.28. The molecule has 0 rings (SSSR count). The van der Waals surface area contributed by atoms with Gasteiger partial charge in [0.1, 0.15) is 6.61 Å². The van der Waals surface area contributed by atoms with Crippen LogP contribution in [0.15, 0.2) is 24.3 Å². The third kappa shape index (κ3) is 60.8. The summed E-state index contributed by atoms with van der Waals surface area (Å²) in [5.41, 5.74) is 0. The second-order valence-electron chi connectivity index (χ2n) is 22.2. The van der Waals surface area contributed by atoms with Crippen LogP contribution in [0, 0.1) is 0 Å². The van der Waals surface area contributed by atoms with Gasteiger partial charge in [0.15, 0.2) is 6.10 Å². The van der Waals surface area contributed by atoms with Crippen molar-refractivity contribution < 1.29 is 24.2 Å². The first-order valence-corrected chi connectivity index (χ1v) is 32.4. The molecular weight excluding hydrogens is 873 g/mol. The molecule has 5 heteroatoms. The number of carbonyl (C=O) groups excluding carboxylic acids is 2. The Morgan fingerprint density at radius 3 is 0.831 bits per heavy atom. The van der Waals surface area contributed by atoms with Crippen LogP contribution >= 0.6 is 0 Å². The summed E-state index contributed by atoms with van der Waals surface area (Å²) in [6.45, 7) is 4.18. The van der Waals surface area contributed by atoms with Gasteiger partial charge in [0.2, 0.25) is 0 Å². The molecule has 1 N–H and O–H groups in total. The SMILES string of the molecule is CCCCCCC/C=C\C/C=C\CCCCCCCCCCCCCCCCCCCCCCCCCCCCCCCC(=O)OC(CO)COC(=O)CCCCCCCCCCCCCCCCCC. The van der Waals surface area contributed by atoms with Crippen molar-refractivity contribution in [2.75, 3.05) is 13.2 Å². The first-order chi connectivity index (χ1) is 35.1. The number of carbonyl (C=O) groups is 2. The number of aliphatic hydroxyl groups excluding tert-OH is 1. The number of unbranched alkanes of at least 4 members (excludes halogenated alkanes) is 49. The Morgan fingerprint density at radius 2 is 0.563 bits per heavy atom. The van der Waals surface area contributed by atoms with Crippen LogP contribution in [0.5, 0.6) is 0 Å². The van der Waals surface area contributed by atoms with Crippen molar-refractivity contribution in [3.8, 4) is 0 Å². The van der Waals surface area contributed by atoms with Crippen LogP contribution in [0.2, 0.25) is 0 Å². The summed E-state index contributed by atoms with van der Waals surface area (Å²) in [6, 6.07) is 0. The second-order valence-corrected chi connectivity index (χ2v) is 22.2. The molecule has 0 aromatic carbocycles. The van der Waals surface area contributed by atoms with Gasteiger partial charge in [0.25, 0.3) is 0 Å². The highest BCUT2D eigenvalue weighted by Crippen LogP contribution is 2.19. The fraction of sp³-hybridized carbons (Fsp3) is 0.909. The Labute approximate surface area is 444 Å². The van der Waals surface area contributed by atoms with Gasteiger partial charge in [-0.25, -0.2) is 0 Å². The summed E-state index contributed by atoms with van der Waals surface area (Å²) in [6.07, 6.45) is 80.7. The molecule has 71 heavy (non-hydrogen) atoms. The predicted octanol–water partition coefficient (Wildman–Crippen LogP) is 22.0. The van der Waals surface area contributed by atoms with Crippen LogP contribution in [0.1, 0.15) is 367 Å². The predicted molar refractivity (Wildman–Crippen MR) is 311 cm³/mol. The molecular formula is C66H126O5. The molecule has 0 aromatic heterocycles. The lowest BCUT2D eigenvalue weighted by molar-refractivity contribution is -0.161. The number of hydrogen-bond donors (Lipinski definition) is 1. The third-order valence-corrected chi connectivity index (χ3v) is 15.0. The van der Waals surface area contributed by atoms with Gasteiger partial charge in [0, 0.05) is 12.8 Å². The van der Waals surface area contributed by atoms with E-state index in [0.717, 1.165) is 38.5 Å². The fourth-order valence-corrected chi connectivity index (χ4v) is 10.1. The summed E-state index contributed by atoms with van der Waals surface area (Å²) in [5, 5.41) is 9.65. The number of esters is 2. The van der Waals surface area contributed by atoms with Crippen LogP contribution in [0.4, 0.5) is 0 Å². The van der Waals surface area contributed by atoms with Gasteiger partial charge in [-0.2, -0.15) is 0 Å². The van der Waals surface area contributed by atoms with Crippen molar-refractivity contribution in [3.05, 3.63) is 24.3 Å². The number of allylic oxidation sites excluding steroid dienone is 4. The van der Waals surface area contributed by atoms with E-state index in [1.54, 1.807) is 0 Å². The molecule has 0 aliphatic rings. The average Bonchev–Trinajstić information content (AvgIpc) is 3.37. The molecule has 0 fully saturated rings.